The van der Waals surface area contributed by atoms with Crippen molar-refractivity contribution in [2.24, 2.45) is 10.8 Å². The van der Waals surface area contributed by atoms with E-state index in [2.05, 4.69) is 20.8 Å². The van der Waals surface area contributed by atoms with Crippen molar-refractivity contribution in [3.63, 3.8) is 0 Å². The van der Waals surface area contributed by atoms with Crippen molar-refractivity contribution in [2.45, 2.75) is 27.2 Å². The predicted octanol–water partition coefficient (Wildman–Crippen LogP) is 3.09. The summed E-state index contributed by atoms with van der Waals surface area (Å²) in [6.45, 7) is 6.70. The number of hydrogen-bond donors (Lipinski definition) is 1. The Bertz CT molecular complexity index is 373. The number of furan rings is 1. The van der Waals surface area contributed by atoms with Crippen LogP contribution in [-0.2, 0) is 0 Å². The molecule has 1 atom stereocenters. The standard InChI is InChI=1S/C13H18O2/c1-10(7-11-5-4-6-15-11)13(9-14)8-12(13,2)3/h4-7,14H,8-9H2,1-3H3/b10-7+. The van der Waals surface area contributed by atoms with E-state index in [-0.39, 0.29) is 17.4 Å². The lowest BCUT2D eigenvalue weighted by atomic mass is 9.89. The van der Waals surface area contributed by atoms with Crippen LogP contribution in [0.25, 0.3) is 6.08 Å². The van der Waals surface area contributed by atoms with Crippen LogP contribution in [-0.4, -0.2) is 11.7 Å². The molecule has 1 saturated carbocycles. The van der Waals surface area contributed by atoms with E-state index >= 15 is 0 Å². The molecule has 2 rings (SSSR count). The third-order valence-electron chi connectivity index (χ3n) is 3.84. The Labute approximate surface area is 90.6 Å². The summed E-state index contributed by atoms with van der Waals surface area (Å²) < 4.78 is 5.28. The molecular weight excluding hydrogens is 188 g/mol. The minimum atomic E-state index is -0.0280. The van der Waals surface area contributed by atoms with E-state index in [0.29, 0.717) is 0 Å². The molecule has 82 valence electrons. The average molecular weight is 206 g/mol. The predicted molar refractivity (Wildman–Crippen MR) is 60.3 cm³/mol. The lowest BCUT2D eigenvalue weighted by Crippen LogP contribution is -2.15. The Morgan fingerprint density at radius 3 is 2.67 bits per heavy atom. The van der Waals surface area contributed by atoms with Gasteiger partial charge in [-0.05, 0) is 37.0 Å². The van der Waals surface area contributed by atoms with Crippen LogP contribution in [0.3, 0.4) is 0 Å². The highest BCUT2D eigenvalue weighted by Crippen LogP contribution is 2.67. The molecule has 2 nitrogen and oxygen atoms in total. The molecule has 1 aliphatic rings. The SMILES string of the molecule is C/C(=C\c1ccco1)C1(CO)CC1(C)C. The van der Waals surface area contributed by atoms with Gasteiger partial charge in [-0.15, -0.1) is 0 Å². The van der Waals surface area contributed by atoms with Crippen molar-refractivity contribution in [1.82, 2.24) is 0 Å². The maximum Gasteiger partial charge on any atom is 0.126 e. The van der Waals surface area contributed by atoms with Crippen molar-refractivity contribution in [2.75, 3.05) is 6.61 Å². The molecule has 1 heterocycles. The summed E-state index contributed by atoms with van der Waals surface area (Å²) in [5, 5.41) is 9.52. The summed E-state index contributed by atoms with van der Waals surface area (Å²) in [6, 6.07) is 3.81. The van der Waals surface area contributed by atoms with Gasteiger partial charge in [0.05, 0.1) is 12.9 Å². The molecule has 15 heavy (non-hydrogen) atoms. The van der Waals surface area contributed by atoms with Gasteiger partial charge in [0.1, 0.15) is 5.76 Å². The fraction of sp³-hybridized carbons (Fsp3) is 0.538. The van der Waals surface area contributed by atoms with Crippen molar-refractivity contribution in [1.29, 1.82) is 0 Å². The highest BCUT2D eigenvalue weighted by atomic mass is 16.3. The summed E-state index contributed by atoms with van der Waals surface area (Å²) in [5.74, 6) is 0.864. The zero-order valence-corrected chi connectivity index (χ0v) is 9.58. The summed E-state index contributed by atoms with van der Waals surface area (Å²) in [7, 11) is 0. The van der Waals surface area contributed by atoms with Gasteiger partial charge >= 0.3 is 0 Å². The number of rotatable bonds is 3. The molecular formula is C13H18O2. The molecule has 1 aromatic heterocycles. The summed E-state index contributed by atoms with van der Waals surface area (Å²) in [4.78, 5) is 0. The summed E-state index contributed by atoms with van der Waals surface area (Å²) >= 11 is 0. The minimum absolute atomic E-state index is 0.0280. The fourth-order valence-electron chi connectivity index (χ4n) is 2.50. The van der Waals surface area contributed by atoms with Gasteiger partial charge in [0, 0.05) is 5.41 Å². The smallest absolute Gasteiger partial charge is 0.126 e. The largest absolute Gasteiger partial charge is 0.465 e. The molecule has 0 radical (unpaired) electrons. The monoisotopic (exact) mass is 206 g/mol. The molecule has 1 unspecified atom stereocenters. The summed E-state index contributed by atoms with van der Waals surface area (Å²) in [6.07, 6.45) is 4.76. The second-order valence-corrected chi connectivity index (χ2v) is 5.14. The lowest BCUT2D eigenvalue weighted by molar-refractivity contribution is 0.207. The van der Waals surface area contributed by atoms with E-state index in [0.717, 1.165) is 12.2 Å². The molecule has 0 aliphatic heterocycles. The quantitative estimate of drug-likeness (QED) is 0.824. The Hall–Kier alpha value is -1.02. The summed E-state index contributed by atoms with van der Waals surface area (Å²) in [5.41, 5.74) is 1.40. The molecule has 0 bridgehead atoms. The first kappa shape index (κ1) is 10.5. The van der Waals surface area contributed by atoms with E-state index in [4.69, 9.17) is 4.42 Å². The van der Waals surface area contributed by atoms with Crippen LogP contribution in [0.2, 0.25) is 0 Å². The van der Waals surface area contributed by atoms with Crippen LogP contribution in [0.5, 0.6) is 0 Å². The van der Waals surface area contributed by atoms with Gasteiger partial charge in [0.25, 0.3) is 0 Å². The van der Waals surface area contributed by atoms with Crippen LogP contribution in [0.15, 0.2) is 28.4 Å². The minimum Gasteiger partial charge on any atom is -0.465 e. The van der Waals surface area contributed by atoms with E-state index in [1.165, 1.54) is 5.57 Å². The van der Waals surface area contributed by atoms with Crippen molar-refractivity contribution in [3.8, 4) is 0 Å². The molecule has 0 amide bonds. The molecule has 1 N–H and O–H groups in total. The third-order valence-corrected chi connectivity index (χ3v) is 3.84. The molecule has 1 aliphatic carbocycles. The number of aliphatic hydroxyl groups is 1. The zero-order valence-electron chi connectivity index (χ0n) is 9.58. The third kappa shape index (κ3) is 1.53. The lowest BCUT2D eigenvalue weighted by Gasteiger charge is -2.18. The fourth-order valence-corrected chi connectivity index (χ4v) is 2.50. The van der Waals surface area contributed by atoms with Crippen molar-refractivity contribution < 1.29 is 9.52 Å². The Kier molecular flexibility index (Phi) is 2.27. The van der Waals surface area contributed by atoms with Gasteiger partial charge in [-0.1, -0.05) is 19.4 Å². The zero-order chi connectivity index (χ0) is 11.1. The van der Waals surface area contributed by atoms with Gasteiger partial charge < -0.3 is 9.52 Å². The van der Waals surface area contributed by atoms with Gasteiger partial charge in [-0.3, -0.25) is 0 Å². The average Bonchev–Trinajstić information content (AvgIpc) is 2.58. The Morgan fingerprint density at radius 1 is 1.60 bits per heavy atom. The van der Waals surface area contributed by atoms with Gasteiger partial charge in [0.15, 0.2) is 0 Å². The van der Waals surface area contributed by atoms with E-state index in [9.17, 15) is 5.11 Å². The van der Waals surface area contributed by atoms with Gasteiger partial charge in [-0.25, -0.2) is 0 Å². The van der Waals surface area contributed by atoms with Crippen LogP contribution in [0.4, 0.5) is 0 Å². The Morgan fingerprint density at radius 2 is 2.27 bits per heavy atom. The molecule has 2 heteroatoms. The topological polar surface area (TPSA) is 33.4 Å². The molecule has 0 aromatic carbocycles. The van der Waals surface area contributed by atoms with Crippen LogP contribution in [0, 0.1) is 10.8 Å². The first-order valence-corrected chi connectivity index (χ1v) is 5.35. The van der Waals surface area contributed by atoms with Gasteiger partial charge in [-0.2, -0.15) is 0 Å². The molecule has 0 saturated heterocycles. The van der Waals surface area contributed by atoms with E-state index in [1.54, 1.807) is 6.26 Å². The second-order valence-electron chi connectivity index (χ2n) is 5.14. The van der Waals surface area contributed by atoms with Crippen molar-refractivity contribution in [3.05, 3.63) is 29.7 Å². The highest BCUT2D eigenvalue weighted by Gasteiger charge is 2.61. The van der Waals surface area contributed by atoms with Crippen LogP contribution >= 0.6 is 0 Å². The molecule has 1 fully saturated rings. The maximum atomic E-state index is 9.52. The molecule has 1 aromatic rings. The first-order valence-electron chi connectivity index (χ1n) is 5.35. The number of aliphatic hydroxyl groups excluding tert-OH is 1. The van der Waals surface area contributed by atoms with E-state index < -0.39 is 0 Å². The second kappa shape index (κ2) is 3.24. The van der Waals surface area contributed by atoms with Crippen LogP contribution < -0.4 is 0 Å². The van der Waals surface area contributed by atoms with Crippen LogP contribution in [0.1, 0.15) is 33.0 Å². The Balaban J connectivity index is 2.25. The van der Waals surface area contributed by atoms with Gasteiger partial charge in [0.2, 0.25) is 0 Å². The molecule has 0 spiro atoms. The van der Waals surface area contributed by atoms with Crippen molar-refractivity contribution >= 4 is 6.08 Å². The maximum absolute atomic E-state index is 9.52. The number of hydrogen-bond acceptors (Lipinski definition) is 2. The normalized spacial score (nSPS) is 29.2. The highest BCUT2D eigenvalue weighted by molar-refractivity contribution is 5.51. The first-order chi connectivity index (χ1) is 7.02. The van der Waals surface area contributed by atoms with E-state index in [1.807, 2.05) is 18.2 Å².